The van der Waals surface area contributed by atoms with E-state index < -0.39 is 0 Å². The highest BCUT2D eigenvalue weighted by Crippen LogP contribution is 2.23. The zero-order valence-electron chi connectivity index (χ0n) is 9.19. The van der Waals surface area contributed by atoms with Crippen molar-refractivity contribution in [3.05, 3.63) is 35.9 Å². The minimum absolute atomic E-state index is 0.493. The maximum Gasteiger partial charge on any atom is 0.121 e. The Kier molecular flexibility index (Phi) is 6.17. The molecule has 82 valence electrons. The van der Waals surface area contributed by atoms with Crippen molar-refractivity contribution in [1.29, 1.82) is 0 Å². The van der Waals surface area contributed by atoms with E-state index in [1.807, 2.05) is 17.8 Å². The summed E-state index contributed by atoms with van der Waals surface area (Å²) in [4.78, 5) is 10.5. The summed E-state index contributed by atoms with van der Waals surface area (Å²) >= 11 is 1.89. The summed E-state index contributed by atoms with van der Waals surface area (Å²) in [5.74, 6) is 1.01. The summed E-state index contributed by atoms with van der Waals surface area (Å²) in [7, 11) is 0. The Morgan fingerprint density at radius 1 is 1.33 bits per heavy atom. The van der Waals surface area contributed by atoms with Gasteiger partial charge >= 0.3 is 0 Å². The van der Waals surface area contributed by atoms with Crippen LogP contribution in [0.5, 0.6) is 0 Å². The second kappa shape index (κ2) is 7.52. The smallest absolute Gasteiger partial charge is 0.121 e. The van der Waals surface area contributed by atoms with E-state index in [1.165, 1.54) is 5.56 Å². The van der Waals surface area contributed by atoms with Crippen LogP contribution in [-0.4, -0.2) is 11.5 Å². The molecular weight excluding hydrogens is 204 g/mol. The van der Waals surface area contributed by atoms with Crippen LogP contribution in [0.4, 0.5) is 0 Å². The highest BCUT2D eigenvalue weighted by molar-refractivity contribution is 7.99. The van der Waals surface area contributed by atoms with Gasteiger partial charge in [-0.15, -0.1) is 0 Å². The average Bonchev–Trinajstić information content (AvgIpc) is 2.28. The number of carbonyl (C=O) groups is 1. The molecule has 0 fully saturated rings. The average molecular weight is 222 g/mol. The van der Waals surface area contributed by atoms with Gasteiger partial charge < -0.3 is 4.79 Å². The molecule has 0 N–H and O–H groups in total. The van der Waals surface area contributed by atoms with Gasteiger partial charge in [0.25, 0.3) is 0 Å². The van der Waals surface area contributed by atoms with Crippen LogP contribution in [0.3, 0.4) is 0 Å². The third kappa shape index (κ3) is 5.03. The maximum absolute atomic E-state index is 10.5. The number of thioether (sulfide) groups is 1. The van der Waals surface area contributed by atoms with Gasteiger partial charge in [-0.05, 0) is 12.0 Å². The molecule has 1 atom stereocenters. The van der Waals surface area contributed by atoms with E-state index in [2.05, 4.69) is 31.2 Å². The Labute approximate surface area is 96.3 Å². The first-order valence-corrected chi connectivity index (χ1v) is 6.50. The zero-order chi connectivity index (χ0) is 10.9. The first-order valence-electron chi connectivity index (χ1n) is 5.46. The molecule has 0 bridgehead atoms. The number of hydrogen-bond acceptors (Lipinski definition) is 2. The molecular formula is C13H18OS. The fraction of sp³-hybridized carbons (Fsp3) is 0.462. The molecule has 0 spiro atoms. The van der Waals surface area contributed by atoms with Crippen molar-refractivity contribution in [1.82, 2.24) is 0 Å². The molecule has 1 nitrogen and oxygen atoms in total. The van der Waals surface area contributed by atoms with Crippen molar-refractivity contribution in [3.63, 3.8) is 0 Å². The quantitative estimate of drug-likeness (QED) is 0.655. The van der Waals surface area contributed by atoms with Gasteiger partial charge in [0.05, 0.1) is 0 Å². The molecule has 1 aromatic rings. The molecule has 1 unspecified atom stereocenters. The molecule has 0 amide bonds. The topological polar surface area (TPSA) is 17.1 Å². The van der Waals surface area contributed by atoms with Crippen molar-refractivity contribution in [2.24, 2.45) is 0 Å². The lowest BCUT2D eigenvalue weighted by Gasteiger charge is -2.12. The van der Waals surface area contributed by atoms with Crippen LogP contribution in [-0.2, 0) is 10.5 Å². The van der Waals surface area contributed by atoms with E-state index in [0.29, 0.717) is 11.7 Å². The van der Waals surface area contributed by atoms with Crippen LogP contribution in [0, 0.1) is 0 Å². The molecule has 0 aliphatic carbocycles. The molecule has 0 heterocycles. The van der Waals surface area contributed by atoms with E-state index >= 15 is 0 Å². The van der Waals surface area contributed by atoms with Gasteiger partial charge in [0.1, 0.15) is 6.29 Å². The zero-order valence-corrected chi connectivity index (χ0v) is 10.0. The number of hydrogen-bond donors (Lipinski definition) is 0. The van der Waals surface area contributed by atoms with Gasteiger partial charge in [-0.25, -0.2) is 0 Å². The molecule has 0 radical (unpaired) electrons. The first kappa shape index (κ1) is 12.3. The van der Waals surface area contributed by atoms with E-state index in [1.54, 1.807) is 0 Å². The monoisotopic (exact) mass is 222 g/mol. The molecule has 0 aliphatic heterocycles. The maximum atomic E-state index is 10.5. The van der Waals surface area contributed by atoms with Gasteiger partial charge in [0.2, 0.25) is 0 Å². The third-order valence-corrected chi connectivity index (χ3v) is 3.70. The molecule has 0 aliphatic rings. The van der Waals surface area contributed by atoms with Gasteiger partial charge in [-0.1, -0.05) is 43.7 Å². The van der Waals surface area contributed by atoms with Crippen LogP contribution >= 0.6 is 11.8 Å². The van der Waals surface area contributed by atoms with E-state index in [4.69, 9.17) is 0 Å². The number of aldehydes is 1. The van der Waals surface area contributed by atoms with E-state index in [0.717, 1.165) is 24.9 Å². The lowest BCUT2D eigenvalue weighted by Crippen LogP contribution is -2.03. The van der Waals surface area contributed by atoms with Gasteiger partial charge in [-0.3, -0.25) is 0 Å². The Balaban J connectivity index is 2.36. The van der Waals surface area contributed by atoms with Gasteiger partial charge in [-0.2, -0.15) is 11.8 Å². The van der Waals surface area contributed by atoms with Gasteiger partial charge in [0, 0.05) is 17.4 Å². The highest BCUT2D eigenvalue weighted by Gasteiger charge is 2.07. The normalized spacial score (nSPS) is 12.3. The fourth-order valence-corrected chi connectivity index (χ4v) is 2.72. The molecule has 2 heteroatoms. The first-order chi connectivity index (χ1) is 7.36. The van der Waals surface area contributed by atoms with Crippen LogP contribution in [0.1, 0.15) is 31.7 Å². The summed E-state index contributed by atoms with van der Waals surface area (Å²) in [5.41, 5.74) is 1.34. The fourth-order valence-electron chi connectivity index (χ4n) is 1.49. The van der Waals surface area contributed by atoms with Crippen molar-refractivity contribution in [3.8, 4) is 0 Å². The van der Waals surface area contributed by atoms with Crippen molar-refractivity contribution >= 4 is 18.0 Å². The summed E-state index contributed by atoms with van der Waals surface area (Å²) < 4.78 is 0. The standard InChI is InChI=1S/C13H18OS/c1-2-6-13(9-10-14)15-11-12-7-4-3-5-8-12/h3-5,7-8,10,13H,2,6,9,11H2,1H3. The molecule has 1 rings (SSSR count). The molecule has 15 heavy (non-hydrogen) atoms. The van der Waals surface area contributed by atoms with Gasteiger partial charge in [0.15, 0.2) is 0 Å². The minimum atomic E-state index is 0.493. The highest BCUT2D eigenvalue weighted by atomic mass is 32.2. The summed E-state index contributed by atoms with van der Waals surface area (Å²) in [6.07, 6.45) is 4.01. The van der Waals surface area contributed by atoms with Crippen LogP contribution in [0.25, 0.3) is 0 Å². The second-order valence-corrected chi connectivity index (χ2v) is 4.90. The summed E-state index contributed by atoms with van der Waals surface area (Å²) in [6.45, 7) is 2.17. The Hall–Kier alpha value is -0.760. The number of benzene rings is 1. The van der Waals surface area contributed by atoms with Crippen LogP contribution < -0.4 is 0 Å². The Morgan fingerprint density at radius 2 is 2.07 bits per heavy atom. The van der Waals surface area contributed by atoms with E-state index in [-0.39, 0.29) is 0 Å². The Morgan fingerprint density at radius 3 is 2.67 bits per heavy atom. The predicted molar refractivity (Wildman–Crippen MR) is 67.1 cm³/mol. The largest absolute Gasteiger partial charge is 0.303 e. The minimum Gasteiger partial charge on any atom is -0.303 e. The lowest BCUT2D eigenvalue weighted by molar-refractivity contribution is -0.107. The Bertz CT molecular complexity index is 271. The van der Waals surface area contributed by atoms with Crippen LogP contribution in [0.15, 0.2) is 30.3 Å². The van der Waals surface area contributed by atoms with Crippen molar-refractivity contribution < 1.29 is 4.79 Å². The van der Waals surface area contributed by atoms with Crippen LogP contribution in [0.2, 0.25) is 0 Å². The molecule has 0 saturated heterocycles. The van der Waals surface area contributed by atoms with E-state index in [9.17, 15) is 4.79 Å². The molecule has 0 aromatic heterocycles. The number of rotatable bonds is 7. The lowest BCUT2D eigenvalue weighted by atomic mass is 10.2. The SMILES string of the molecule is CCCC(CC=O)SCc1ccccc1. The molecule has 1 aromatic carbocycles. The summed E-state index contributed by atoms with van der Waals surface area (Å²) in [6, 6.07) is 10.4. The predicted octanol–water partition coefficient (Wildman–Crippen LogP) is 3.68. The second-order valence-electron chi connectivity index (χ2n) is 3.61. The summed E-state index contributed by atoms with van der Waals surface area (Å²) in [5, 5.41) is 0.493. The van der Waals surface area contributed by atoms with Crippen molar-refractivity contribution in [2.75, 3.05) is 0 Å². The number of carbonyl (C=O) groups excluding carboxylic acids is 1. The third-order valence-electron chi connectivity index (χ3n) is 2.30. The van der Waals surface area contributed by atoms with Crippen molar-refractivity contribution in [2.45, 2.75) is 37.2 Å². The molecule has 0 saturated carbocycles.